The Kier molecular flexibility index (Phi) is 6.87. The highest BCUT2D eigenvalue weighted by molar-refractivity contribution is 8.02. The highest BCUT2D eigenvalue weighted by Gasteiger charge is 2.29. The zero-order valence-corrected chi connectivity index (χ0v) is 18.3. The number of nitrogens with zero attached hydrogens (tertiary/aromatic N) is 3. The molecule has 29 heavy (non-hydrogen) atoms. The summed E-state index contributed by atoms with van der Waals surface area (Å²) in [5.41, 5.74) is 4.30. The lowest BCUT2D eigenvalue weighted by atomic mass is 10.1. The van der Waals surface area contributed by atoms with Crippen molar-refractivity contribution in [2.75, 3.05) is 11.9 Å². The van der Waals surface area contributed by atoms with E-state index in [1.54, 1.807) is 13.8 Å². The Morgan fingerprint density at radius 2 is 1.86 bits per heavy atom. The second-order valence-electron chi connectivity index (χ2n) is 7.21. The van der Waals surface area contributed by atoms with E-state index in [0.717, 1.165) is 40.5 Å². The summed E-state index contributed by atoms with van der Waals surface area (Å²) in [5.74, 6) is -0.226. The summed E-state index contributed by atoms with van der Waals surface area (Å²) in [7, 11) is 0. The van der Waals surface area contributed by atoms with Gasteiger partial charge >= 0.3 is 5.97 Å². The van der Waals surface area contributed by atoms with E-state index >= 15 is 0 Å². The van der Waals surface area contributed by atoms with E-state index in [-0.39, 0.29) is 0 Å². The molecule has 0 aliphatic heterocycles. The van der Waals surface area contributed by atoms with Gasteiger partial charge in [-0.3, -0.25) is 4.79 Å². The minimum absolute atomic E-state index is 0.610. The van der Waals surface area contributed by atoms with Crippen molar-refractivity contribution in [3.05, 3.63) is 53.3 Å². The van der Waals surface area contributed by atoms with Gasteiger partial charge in [0.05, 0.1) is 5.69 Å². The van der Waals surface area contributed by atoms with Gasteiger partial charge in [0.25, 0.3) is 0 Å². The molecule has 0 bridgehead atoms. The first kappa shape index (κ1) is 21.3. The number of thioether (sulfide) groups is 1. The quantitative estimate of drug-likeness (QED) is 0.370. The van der Waals surface area contributed by atoms with Gasteiger partial charge in [-0.25, -0.2) is 15.0 Å². The van der Waals surface area contributed by atoms with Gasteiger partial charge in [0.2, 0.25) is 5.95 Å². The van der Waals surface area contributed by atoms with Crippen molar-refractivity contribution in [2.24, 2.45) is 0 Å². The van der Waals surface area contributed by atoms with Crippen LogP contribution >= 0.6 is 23.1 Å². The average molecular weight is 429 g/mol. The van der Waals surface area contributed by atoms with Crippen molar-refractivity contribution < 1.29 is 9.90 Å². The first-order valence-electron chi connectivity index (χ1n) is 9.33. The van der Waals surface area contributed by atoms with Crippen LogP contribution in [-0.2, 0) is 11.2 Å². The molecule has 0 aliphatic rings. The van der Waals surface area contributed by atoms with Crippen molar-refractivity contribution in [2.45, 2.75) is 42.7 Å². The molecule has 3 rings (SSSR count). The number of rotatable bonds is 9. The SMILES string of the molecule is Cc1ccc(-c2cnc(NCCCc3csc(SC(C)(C)C(=O)O)n3)nc2)cc1. The van der Waals surface area contributed by atoms with Gasteiger partial charge in [0.1, 0.15) is 4.75 Å². The van der Waals surface area contributed by atoms with E-state index < -0.39 is 10.7 Å². The summed E-state index contributed by atoms with van der Waals surface area (Å²) >= 11 is 2.78. The van der Waals surface area contributed by atoms with Crippen LogP contribution in [0.3, 0.4) is 0 Å². The maximum absolute atomic E-state index is 11.2. The van der Waals surface area contributed by atoms with Crippen LogP contribution in [0.15, 0.2) is 46.4 Å². The fraction of sp³-hybridized carbons (Fsp3) is 0.333. The van der Waals surface area contributed by atoms with Gasteiger partial charge in [-0.05, 0) is 39.2 Å². The first-order valence-corrected chi connectivity index (χ1v) is 11.0. The number of hydrogen-bond donors (Lipinski definition) is 2. The van der Waals surface area contributed by atoms with Crippen LogP contribution in [0.4, 0.5) is 5.95 Å². The normalized spacial score (nSPS) is 11.4. The third kappa shape index (κ3) is 6.01. The third-order valence-corrected chi connectivity index (χ3v) is 6.49. The molecule has 2 heterocycles. The van der Waals surface area contributed by atoms with E-state index in [4.69, 9.17) is 0 Å². The number of carboxylic acids is 1. The maximum atomic E-state index is 11.2. The minimum atomic E-state index is -0.876. The molecular formula is C21H24N4O2S2. The summed E-state index contributed by atoms with van der Waals surface area (Å²) < 4.78 is -0.0888. The Labute approximate surface area is 178 Å². The number of benzene rings is 1. The third-order valence-electron chi connectivity index (χ3n) is 4.32. The van der Waals surface area contributed by atoms with E-state index in [2.05, 4.69) is 51.5 Å². The molecule has 2 aromatic heterocycles. The first-order chi connectivity index (χ1) is 13.8. The Bertz CT molecular complexity index is 954. The van der Waals surface area contributed by atoms with Crippen molar-refractivity contribution in [1.29, 1.82) is 0 Å². The molecule has 2 N–H and O–H groups in total. The summed E-state index contributed by atoms with van der Waals surface area (Å²) in [5, 5.41) is 14.4. The molecule has 152 valence electrons. The largest absolute Gasteiger partial charge is 0.480 e. The predicted molar refractivity (Wildman–Crippen MR) is 119 cm³/mol. The summed E-state index contributed by atoms with van der Waals surface area (Å²) in [6.45, 7) is 6.18. The maximum Gasteiger partial charge on any atom is 0.319 e. The van der Waals surface area contributed by atoms with Crippen LogP contribution in [0.25, 0.3) is 11.1 Å². The number of carboxylic acid groups (broad SMARTS) is 1. The topological polar surface area (TPSA) is 88.0 Å². The lowest BCUT2D eigenvalue weighted by molar-refractivity contribution is -0.138. The number of hydrogen-bond acceptors (Lipinski definition) is 7. The lowest BCUT2D eigenvalue weighted by Gasteiger charge is -2.15. The van der Waals surface area contributed by atoms with E-state index in [1.165, 1.54) is 28.7 Å². The van der Waals surface area contributed by atoms with E-state index in [1.807, 2.05) is 17.8 Å². The molecule has 0 amide bonds. The zero-order chi connectivity index (χ0) is 20.9. The number of aromatic nitrogens is 3. The second kappa shape index (κ2) is 9.37. The monoisotopic (exact) mass is 428 g/mol. The molecule has 1 aromatic carbocycles. The van der Waals surface area contributed by atoms with Crippen LogP contribution in [0.5, 0.6) is 0 Å². The second-order valence-corrected chi connectivity index (χ2v) is 9.94. The van der Waals surface area contributed by atoms with Crippen molar-refractivity contribution >= 4 is 35.0 Å². The van der Waals surface area contributed by atoms with Crippen LogP contribution in [0.2, 0.25) is 0 Å². The summed E-state index contributed by atoms with van der Waals surface area (Å²) in [4.78, 5) is 24.5. The fourth-order valence-corrected chi connectivity index (χ4v) is 4.72. The molecule has 0 saturated heterocycles. The molecule has 0 aliphatic carbocycles. The molecule has 0 spiro atoms. The van der Waals surface area contributed by atoms with Gasteiger partial charge in [-0.15, -0.1) is 11.3 Å². The van der Waals surface area contributed by atoms with Gasteiger partial charge in [0, 0.05) is 29.9 Å². The molecule has 0 radical (unpaired) electrons. The lowest BCUT2D eigenvalue weighted by Crippen LogP contribution is -2.26. The van der Waals surface area contributed by atoms with Gasteiger partial charge in [-0.1, -0.05) is 41.6 Å². The molecular weight excluding hydrogens is 404 g/mol. The number of anilines is 1. The highest BCUT2D eigenvalue weighted by atomic mass is 32.2. The Morgan fingerprint density at radius 3 is 2.52 bits per heavy atom. The Balaban J connectivity index is 1.45. The number of aliphatic carboxylic acids is 1. The number of aryl methyl sites for hydroxylation is 2. The zero-order valence-electron chi connectivity index (χ0n) is 16.7. The van der Waals surface area contributed by atoms with E-state index in [0.29, 0.717) is 5.95 Å². The molecule has 6 nitrogen and oxygen atoms in total. The van der Waals surface area contributed by atoms with Gasteiger partial charge < -0.3 is 10.4 Å². The van der Waals surface area contributed by atoms with E-state index in [9.17, 15) is 9.90 Å². The predicted octanol–water partition coefficient (Wildman–Crippen LogP) is 4.91. The smallest absolute Gasteiger partial charge is 0.319 e. The summed E-state index contributed by atoms with van der Waals surface area (Å²) in [6.07, 6.45) is 5.36. The molecule has 0 unspecified atom stereocenters. The van der Waals surface area contributed by atoms with Crippen molar-refractivity contribution in [3.63, 3.8) is 0 Å². The number of carbonyl (C=O) groups is 1. The van der Waals surface area contributed by atoms with Gasteiger partial charge in [0.15, 0.2) is 4.34 Å². The van der Waals surface area contributed by atoms with Crippen molar-refractivity contribution in [1.82, 2.24) is 15.0 Å². The van der Waals surface area contributed by atoms with Crippen molar-refractivity contribution in [3.8, 4) is 11.1 Å². The van der Waals surface area contributed by atoms with Crippen LogP contribution in [0, 0.1) is 6.92 Å². The molecule has 0 saturated carbocycles. The Hall–Kier alpha value is -2.45. The average Bonchev–Trinajstić information content (AvgIpc) is 3.13. The number of thiazole rings is 1. The number of nitrogens with one attached hydrogen (secondary N) is 1. The van der Waals surface area contributed by atoms with Crippen LogP contribution in [0.1, 0.15) is 31.5 Å². The standard InChI is InChI=1S/C21H24N4O2S2/c1-14-6-8-15(9-7-14)16-11-23-19(24-12-16)22-10-4-5-17-13-28-20(25-17)29-21(2,3)18(26)27/h6-9,11-13H,4-5,10H2,1-3H3,(H,26,27)(H,22,23,24). The molecule has 0 fully saturated rings. The molecule has 0 atom stereocenters. The molecule has 8 heteroatoms. The fourth-order valence-electron chi connectivity index (χ4n) is 2.50. The minimum Gasteiger partial charge on any atom is -0.480 e. The Morgan fingerprint density at radius 1 is 1.17 bits per heavy atom. The van der Waals surface area contributed by atoms with Crippen LogP contribution in [-0.4, -0.2) is 37.3 Å². The highest BCUT2D eigenvalue weighted by Crippen LogP contribution is 2.34. The van der Waals surface area contributed by atoms with Crippen LogP contribution < -0.4 is 5.32 Å². The van der Waals surface area contributed by atoms with Gasteiger partial charge in [-0.2, -0.15) is 0 Å². The molecule has 3 aromatic rings. The summed E-state index contributed by atoms with van der Waals surface area (Å²) in [6, 6.07) is 8.29.